The third-order valence-electron chi connectivity index (χ3n) is 9.38. The van der Waals surface area contributed by atoms with Gasteiger partial charge in [-0.3, -0.25) is 9.59 Å². The molecule has 0 bridgehead atoms. The molecule has 22 heteroatoms. The second-order valence-electron chi connectivity index (χ2n) is 13.1. The zero-order valence-electron chi connectivity index (χ0n) is 28.6. The van der Waals surface area contributed by atoms with Crippen molar-refractivity contribution in [2.75, 3.05) is 13.2 Å². The van der Waals surface area contributed by atoms with E-state index in [1.165, 1.54) is 6.07 Å². The Hall–Kier alpha value is -5.14. The van der Waals surface area contributed by atoms with Crippen molar-refractivity contribution in [1.82, 2.24) is 0 Å². The van der Waals surface area contributed by atoms with Crippen LogP contribution in [0.4, 0.5) is 0 Å². The maximum Gasteiger partial charge on any atom is 0.367 e. The van der Waals surface area contributed by atoms with Crippen molar-refractivity contribution in [1.29, 1.82) is 0 Å². The number of aliphatic hydroxyl groups excluding tert-OH is 8. The van der Waals surface area contributed by atoms with Crippen LogP contribution in [0.5, 0.6) is 28.7 Å². The molecule has 0 aliphatic carbocycles. The monoisotopic (exact) mass is 796 g/mol. The molecule has 56 heavy (non-hydrogen) atoms. The van der Waals surface area contributed by atoms with Gasteiger partial charge in [0.1, 0.15) is 71.3 Å². The second-order valence-corrected chi connectivity index (χ2v) is 13.1. The number of aliphatic carboxylic acids is 2. The van der Waals surface area contributed by atoms with Gasteiger partial charge in [-0.1, -0.05) is 0 Å². The fourth-order valence-corrected chi connectivity index (χ4v) is 6.31. The molecule has 6 rings (SSSR count). The first-order valence-corrected chi connectivity index (χ1v) is 16.8. The number of phenolic OH excluding ortho intramolecular Hbond substituents is 1. The predicted octanol–water partition coefficient (Wildman–Crippen LogP) is -3.10. The molecule has 0 radical (unpaired) electrons. The number of rotatable bonds is 12. The lowest BCUT2D eigenvalue weighted by molar-refractivity contribution is -0.277. The lowest BCUT2D eigenvalue weighted by Gasteiger charge is -2.39. The molecular weight excluding hydrogens is 760 g/mol. The predicted molar refractivity (Wildman–Crippen MR) is 176 cm³/mol. The van der Waals surface area contributed by atoms with Crippen LogP contribution in [-0.2, 0) is 23.9 Å². The average molecular weight is 797 g/mol. The molecule has 2 saturated heterocycles. The maximum atomic E-state index is 14.2. The molecule has 0 unspecified atom stereocenters. The highest BCUT2D eigenvalue weighted by Crippen LogP contribution is 2.44. The number of benzene rings is 2. The topological polar surface area (TPSA) is 359 Å². The number of carbonyl (C=O) groups excluding carboxylic acids is 1. The summed E-state index contributed by atoms with van der Waals surface area (Å²) >= 11 is 0. The van der Waals surface area contributed by atoms with E-state index in [1.807, 2.05) is 0 Å². The van der Waals surface area contributed by atoms with Crippen LogP contribution in [0.25, 0.3) is 22.3 Å². The molecule has 0 amide bonds. The van der Waals surface area contributed by atoms with Gasteiger partial charge >= 0.3 is 23.5 Å². The minimum atomic E-state index is -2.70. The van der Waals surface area contributed by atoms with Crippen molar-refractivity contribution in [2.24, 2.45) is 0 Å². The zero-order valence-corrected chi connectivity index (χ0v) is 28.6. The standard InChI is InChI=1S/C34H36O22/c35-9-17-21(40)24(43)26(45)30(52-17)50-12-7-13(37)20-16(8-12)51-28(29(23(20)42)55-31-27(46)25(44)22(41)18(10-36)53-31)11-3-4-14-15(6-11)56-34(32(47)48,33(49)54-14)5-1-2-19(38)39/h3-4,6-8,17-18,21-22,24-27,30-31,35-37,40-41,43-46H,1-2,5,9-10H2,(H,38,39)(H,47,48)/t17-,18-,21-,22-,24+,25+,26-,27-,30-,31+,34-/m1/s1. The Kier molecular flexibility index (Phi) is 11.4. The Bertz CT molecular complexity index is 2040. The fourth-order valence-electron chi connectivity index (χ4n) is 6.31. The van der Waals surface area contributed by atoms with E-state index in [2.05, 4.69) is 0 Å². The van der Waals surface area contributed by atoms with E-state index < -0.39 is 150 Å². The highest BCUT2D eigenvalue weighted by atomic mass is 16.7. The molecule has 0 spiro atoms. The number of hydrogen-bond donors (Lipinski definition) is 11. The third-order valence-corrected chi connectivity index (χ3v) is 9.38. The minimum Gasteiger partial charge on any atom is -0.507 e. The largest absolute Gasteiger partial charge is 0.507 e. The van der Waals surface area contributed by atoms with Crippen LogP contribution in [-0.4, -0.2) is 154 Å². The van der Waals surface area contributed by atoms with Crippen LogP contribution in [0.15, 0.2) is 39.5 Å². The van der Waals surface area contributed by atoms with Gasteiger partial charge < -0.3 is 89.0 Å². The first kappa shape index (κ1) is 40.5. The van der Waals surface area contributed by atoms with Crippen molar-refractivity contribution in [3.05, 3.63) is 40.6 Å². The number of carboxylic acids is 2. The Labute approximate surface area is 312 Å². The summed E-state index contributed by atoms with van der Waals surface area (Å²) in [4.78, 5) is 50.5. The fraction of sp³-hybridized carbons (Fsp3) is 0.471. The molecule has 3 aliphatic heterocycles. The molecule has 11 atom stereocenters. The molecular formula is C34H36O22. The van der Waals surface area contributed by atoms with Gasteiger partial charge in [-0.15, -0.1) is 0 Å². The smallest absolute Gasteiger partial charge is 0.367 e. The van der Waals surface area contributed by atoms with Crippen LogP contribution in [0, 0.1) is 0 Å². The average Bonchev–Trinajstić information content (AvgIpc) is 3.15. The first-order valence-electron chi connectivity index (χ1n) is 16.8. The molecule has 3 aromatic rings. The third kappa shape index (κ3) is 7.30. The highest BCUT2D eigenvalue weighted by molar-refractivity contribution is 6.05. The summed E-state index contributed by atoms with van der Waals surface area (Å²) in [6.07, 6.45) is -19.3. The molecule has 2 aromatic carbocycles. The van der Waals surface area contributed by atoms with E-state index in [0.29, 0.717) is 0 Å². The molecule has 0 saturated carbocycles. The van der Waals surface area contributed by atoms with Crippen molar-refractivity contribution in [2.45, 2.75) is 86.3 Å². The number of phenols is 1. The van der Waals surface area contributed by atoms with E-state index in [9.17, 15) is 70.2 Å². The van der Waals surface area contributed by atoms with Gasteiger partial charge in [0.25, 0.3) is 0 Å². The highest BCUT2D eigenvalue weighted by Gasteiger charge is 2.54. The van der Waals surface area contributed by atoms with E-state index in [-0.39, 0.29) is 23.5 Å². The van der Waals surface area contributed by atoms with Crippen molar-refractivity contribution in [3.8, 4) is 40.1 Å². The number of carboxylic acid groups (broad SMARTS) is 2. The molecule has 2 fully saturated rings. The molecule has 3 aliphatic rings. The summed E-state index contributed by atoms with van der Waals surface area (Å²) in [6, 6.07) is 5.24. The van der Waals surface area contributed by atoms with Gasteiger partial charge in [-0.25, -0.2) is 9.59 Å². The van der Waals surface area contributed by atoms with Crippen LogP contribution < -0.4 is 24.4 Å². The van der Waals surface area contributed by atoms with Crippen molar-refractivity contribution < 1.29 is 103 Å². The van der Waals surface area contributed by atoms with Crippen LogP contribution in [0.3, 0.4) is 0 Å². The summed E-state index contributed by atoms with van der Waals surface area (Å²) < 4.78 is 38.9. The van der Waals surface area contributed by atoms with Crippen molar-refractivity contribution >= 4 is 28.9 Å². The summed E-state index contributed by atoms with van der Waals surface area (Å²) in [5.41, 5.74) is -4.54. The van der Waals surface area contributed by atoms with Crippen LogP contribution >= 0.6 is 0 Å². The Morgan fingerprint density at radius 3 is 1.95 bits per heavy atom. The Morgan fingerprint density at radius 2 is 1.38 bits per heavy atom. The molecule has 1 aromatic heterocycles. The maximum absolute atomic E-state index is 14.2. The molecule has 22 nitrogen and oxygen atoms in total. The first-order chi connectivity index (χ1) is 26.5. The van der Waals surface area contributed by atoms with Crippen LogP contribution in [0.2, 0.25) is 0 Å². The van der Waals surface area contributed by atoms with Crippen molar-refractivity contribution in [3.63, 3.8) is 0 Å². The number of esters is 1. The van der Waals surface area contributed by atoms with Crippen LogP contribution in [0.1, 0.15) is 19.3 Å². The number of fused-ring (bicyclic) bond motifs is 2. The summed E-state index contributed by atoms with van der Waals surface area (Å²) in [5.74, 6) is -7.76. The number of aromatic hydroxyl groups is 1. The SMILES string of the molecule is O=C(O)CCC[C@]1(C(=O)O)Oc2cc(-c3oc4cc(O[C@@H]5O[C@H](CO)[C@@H](O)[C@H](O)[C@H]5O)cc(O)c4c(=O)c3O[C@@H]3O[C@H](CO)[C@@H](O)[C@H](O)[C@H]3O)ccc2OC1=O. The summed E-state index contributed by atoms with van der Waals surface area (Å²) in [7, 11) is 0. The van der Waals surface area contributed by atoms with E-state index in [4.69, 9.17) is 37.9 Å². The van der Waals surface area contributed by atoms with Gasteiger partial charge in [0.2, 0.25) is 23.8 Å². The van der Waals surface area contributed by atoms with E-state index in [0.717, 1.165) is 24.3 Å². The Morgan fingerprint density at radius 1 is 0.768 bits per heavy atom. The zero-order chi connectivity index (χ0) is 40.8. The lowest BCUT2D eigenvalue weighted by Crippen LogP contribution is -2.60. The number of carbonyl (C=O) groups is 3. The number of ether oxygens (including phenoxy) is 6. The van der Waals surface area contributed by atoms with Gasteiger partial charge in [0.15, 0.2) is 17.3 Å². The van der Waals surface area contributed by atoms with E-state index >= 15 is 0 Å². The van der Waals surface area contributed by atoms with Gasteiger partial charge in [-0.05, 0) is 24.6 Å². The van der Waals surface area contributed by atoms with Gasteiger partial charge in [-0.2, -0.15) is 0 Å². The second kappa shape index (κ2) is 15.8. The van der Waals surface area contributed by atoms with Gasteiger partial charge in [0, 0.05) is 30.5 Å². The number of aliphatic hydroxyl groups is 8. The molecule has 11 N–H and O–H groups in total. The number of hydrogen-bond acceptors (Lipinski definition) is 20. The van der Waals surface area contributed by atoms with Gasteiger partial charge in [0.05, 0.1) is 13.2 Å². The Balaban J connectivity index is 1.47. The summed E-state index contributed by atoms with van der Waals surface area (Å²) in [6.45, 7) is -1.66. The lowest BCUT2D eigenvalue weighted by atomic mass is 9.95. The minimum absolute atomic E-state index is 0.190. The normalized spacial score (nSPS) is 31.5. The molecule has 304 valence electrons. The quantitative estimate of drug-likeness (QED) is 0.0491. The summed E-state index contributed by atoms with van der Waals surface area (Å²) in [5, 5.41) is 111. The molecule has 4 heterocycles. The van der Waals surface area contributed by atoms with E-state index in [1.54, 1.807) is 0 Å².